The van der Waals surface area contributed by atoms with Gasteiger partial charge >= 0.3 is 5.97 Å². The van der Waals surface area contributed by atoms with E-state index in [4.69, 9.17) is 4.74 Å². The van der Waals surface area contributed by atoms with E-state index in [1.807, 2.05) is 19.9 Å². The first kappa shape index (κ1) is 14.8. The molecule has 0 saturated carbocycles. The van der Waals surface area contributed by atoms with Crippen LogP contribution in [0.15, 0.2) is 42.5 Å². The van der Waals surface area contributed by atoms with E-state index < -0.39 is 5.97 Å². The molecular weight excluding hydrogens is 266 g/mol. The summed E-state index contributed by atoms with van der Waals surface area (Å²) in [6.45, 7) is 5.18. The highest BCUT2D eigenvalue weighted by Gasteiger charge is 2.11. The molecule has 0 saturated heterocycles. The number of rotatable bonds is 3. The van der Waals surface area contributed by atoms with E-state index in [-0.39, 0.29) is 5.91 Å². The minimum atomic E-state index is -0.401. The lowest BCUT2D eigenvalue weighted by atomic mass is 10.1. The number of esters is 1. The van der Waals surface area contributed by atoms with E-state index in [9.17, 15) is 9.59 Å². The molecule has 0 spiro atoms. The summed E-state index contributed by atoms with van der Waals surface area (Å²) in [5.74, 6) is -0.0649. The molecule has 0 heterocycles. The summed E-state index contributed by atoms with van der Waals surface area (Å²) in [6.07, 6.45) is 0. The number of benzene rings is 2. The molecule has 1 amide bonds. The van der Waals surface area contributed by atoms with Crippen molar-refractivity contribution in [3.63, 3.8) is 0 Å². The molecule has 4 nitrogen and oxygen atoms in total. The summed E-state index contributed by atoms with van der Waals surface area (Å²) in [7, 11) is 0. The first-order chi connectivity index (χ1) is 9.97. The Balaban J connectivity index is 2.22. The lowest BCUT2D eigenvalue weighted by molar-refractivity contribution is -0.114. The topological polar surface area (TPSA) is 55.4 Å². The van der Waals surface area contributed by atoms with E-state index in [2.05, 4.69) is 5.32 Å². The van der Waals surface area contributed by atoms with Crippen molar-refractivity contribution in [2.75, 3.05) is 5.32 Å². The zero-order chi connectivity index (χ0) is 15.4. The fourth-order valence-corrected chi connectivity index (χ4v) is 2.10. The standard InChI is InChI=1S/C17H17NO3/c1-11-9-15(10-12(2)16(11)18-13(3)19)21-17(20)14-7-5-4-6-8-14/h4-10H,1-3H3,(H,18,19). The first-order valence-electron chi connectivity index (χ1n) is 6.63. The quantitative estimate of drug-likeness (QED) is 0.693. The lowest BCUT2D eigenvalue weighted by Gasteiger charge is -2.13. The number of amides is 1. The number of aryl methyl sites for hydroxylation is 2. The Morgan fingerprint density at radius 2 is 1.57 bits per heavy atom. The maximum Gasteiger partial charge on any atom is 0.343 e. The van der Waals surface area contributed by atoms with Crippen molar-refractivity contribution < 1.29 is 14.3 Å². The monoisotopic (exact) mass is 283 g/mol. The highest BCUT2D eigenvalue weighted by Crippen LogP contribution is 2.26. The summed E-state index contributed by atoms with van der Waals surface area (Å²) in [4.78, 5) is 23.2. The van der Waals surface area contributed by atoms with Gasteiger partial charge in [0, 0.05) is 12.6 Å². The normalized spacial score (nSPS) is 10.0. The summed E-state index contributed by atoms with van der Waals surface area (Å²) in [5, 5.41) is 2.77. The van der Waals surface area contributed by atoms with E-state index in [1.165, 1.54) is 6.92 Å². The fourth-order valence-electron chi connectivity index (χ4n) is 2.10. The zero-order valence-corrected chi connectivity index (χ0v) is 12.3. The molecule has 1 N–H and O–H groups in total. The van der Waals surface area contributed by atoms with E-state index in [0.29, 0.717) is 11.3 Å². The molecule has 0 radical (unpaired) electrons. The molecule has 2 rings (SSSR count). The van der Waals surface area contributed by atoms with Crippen LogP contribution in [0.2, 0.25) is 0 Å². The molecule has 0 aliphatic heterocycles. The Labute approximate surface area is 123 Å². The minimum absolute atomic E-state index is 0.129. The van der Waals surface area contributed by atoms with Gasteiger partial charge < -0.3 is 10.1 Å². The lowest BCUT2D eigenvalue weighted by Crippen LogP contribution is -2.11. The van der Waals surface area contributed by atoms with Gasteiger partial charge in [-0.1, -0.05) is 18.2 Å². The van der Waals surface area contributed by atoms with Gasteiger partial charge in [0.1, 0.15) is 5.75 Å². The van der Waals surface area contributed by atoms with Crippen molar-refractivity contribution in [2.45, 2.75) is 20.8 Å². The molecule has 0 fully saturated rings. The number of nitrogens with one attached hydrogen (secondary N) is 1. The summed E-state index contributed by atoms with van der Waals surface area (Å²) >= 11 is 0. The van der Waals surface area contributed by atoms with Crippen LogP contribution < -0.4 is 10.1 Å². The molecule has 2 aromatic rings. The largest absolute Gasteiger partial charge is 0.423 e. The molecule has 2 aromatic carbocycles. The van der Waals surface area contributed by atoms with Crippen molar-refractivity contribution in [1.29, 1.82) is 0 Å². The van der Waals surface area contributed by atoms with Crippen LogP contribution in [0.25, 0.3) is 0 Å². The molecule has 0 atom stereocenters. The molecule has 0 unspecified atom stereocenters. The van der Waals surface area contributed by atoms with Gasteiger partial charge in [-0.15, -0.1) is 0 Å². The Bertz CT molecular complexity index is 655. The first-order valence-corrected chi connectivity index (χ1v) is 6.63. The minimum Gasteiger partial charge on any atom is -0.423 e. The molecule has 4 heteroatoms. The van der Waals surface area contributed by atoms with Crippen LogP contribution in [0.5, 0.6) is 5.75 Å². The number of hydrogen-bond donors (Lipinski definition) is 1. The average molecular weight is 283 g/mol. The second-order valence-electron chi connectivity index (χ2n) is 4.87. The Morgan fingerprint density at radius 1 is 1.00 bits per heavy atom. The number of carbonyl (C=O) groups excluding carboxylic acids is 2. The van der Waals surface area contributed by atoms with Crippen LogP contribution in [0.3, 0.4) is 0 Å². The third-order valence-corrected chi connectivity index (χ3v) is 3.03. The van der Waals surface area contributed by atoms with Gasteiger partial charge in [0.05, 0.1) is 5.56 Å². The van der Waals surface area contributed by atoms with Crippen molar-refractivity contribution in [2.24, 2.45) is 0 Å². The molecule has 0 bridgehead atoms. The highest BCUT2D eigenvalue weighted by atomic mass is 16.5. The van der Waals surface area contributed by atoms with Crippen LogP contribution in [0, 0.1) is 13.8 Å². The van der Waals surface area contributed by atoms with Crippen LogP contribution >= 0.6 is 0 Å². The Morgan fingerprint density at radius 3 is 2.10 bits per heavy atom. The zero-order valence-electron chi connectivity index (χ0n) is 12.3. The number of ether oxygens (including phenoxy) is 1. The van der Waals surface area contributed by atoms with Crippen molar-refractivity contribution in [3.05, 3.63) is 59.2 Å². The van der Waals surface area contributed by atoms with Crippen LogP contribution in [-0.2, 0) is 4.79 Å². The number of hydrogen-bond acceptors (Lipinski definition) is 3. The number of carbonyl (C=O) groups is 2. The van der Waals surface area contributed by atoms with Crippen LogP contribution in [0.4, 0.5) is 5.69 Å². The van der Waals surface area contributed by atoms with Gasteiger partial charge in [-0.3, -0.25) is 4.79 Å². The smallest absolute Gasteiger partial charge is 0.343 e. The Kier molecular flexibility index (Phi) is 4.38. The summed E-state index contributed by atoms with van der Waals surface area (Å²) in [5.41, 5.74) is 2.95. The Hall–Kier alpha value is -2.62. The molecule has 0 aliphatic rings. The SMILES string of the molecule is CC(=O)Nc1c(C)cc(OC(=O)c2ccccc2)cc1C. The van der Waals surface area contributed by atoms with Gasteiger partial charge in [0.25, 0.3) is 0 Å². The van der Waals surface area contributed by atoms with Crippen molar-refractivity contribution >= 4 is 17.6 Å². The van der Waals surface area contributed by atoms with E-state index >= 15 is 0 Å². The fraction of sp³-hybridized carbons (Fsp3) is 0.176. The average Bonchev–Trinajstić information content (AvgIpc) is 2.43. The maximum atomic E-state index is 12.0. The molecular formula is C17H17NO3. The maximum absolute atomic E-state index is 12.0. The number of anilines is 1. The molecule has 108 valence electrons. The third kappa shape index (κ3) is 3.69. The highest BCUT2D eigenvalue weighted by molar-refractivity contribution is 5.92. The predicted molar refractivity (Wildman–Crippen MR) is 81.6 cm³/mol. The molecule has 0 aliphatic carbocycles. The molecule has 21 heavy (non-hydrogen) atoms. The van der Waals surface area contributed by atoms with E-state index in [0.717, 1.165) is 16.8 Å². The summed E-state index contributed by atoms with van der Waals surface area (Å²) in [6, 6.07) is 12.3. The second-order valence-corrected chi connectivity index (χ2v) is 4.87. The molecule has 0 aromatic heterocycles. The predicted octanol–water partition coefficient (Wildman–Crippen LogP) is 3.48. The van der Waals surface area contributed by atoms with Crippen molar-refractivity contribution in [3.8, 4) is 5.75 Å². The third-order valence-electron chi connectivity index (χ3n) is 3.03. The van der Waals surface area contributed by atoms with E-state index in [1.54, 1.807) is 36.4 Å². The van der Waals surface area contributed by atoms with Gasteiger partial charge in [-0.25, -0.2) is 4.79 Å². The van der Waals surface area contributed by atoms with Crippen LogP contribution in [-0.4, -0.2) is 11.9 Å². The van der Waals surface area contributed by atoms with Gasteiger partial charge in [-0.2, -0.15) is 0 Å². The summed E-state index contributed by atoms with van der Waals surface area (Å²) < 4.78 is 5.37. The second kappa shape index (κ2) is 6.22. The van der Waals surface area contributed by atoms with Gasteiger partial charge in [-0.05, 0) is 49.2 Å². The van der Waals surface area contributed by atoms with Crippen LogP contribution in [0.1, 0.15) is 28.4 Å². The van der Waals surface area contributed by atoms with Gasteiger partial charge in [0.2, 0.25) is 5.91 Å². The van der Waals surface area contributed by atoms with Gasteiger partial charge in [0.15, 0.2) is 0 Å². The van der Waals surface area contributed by atoms with Crippen molar-refractivity contribution in [1.82, 2.24) is 0 Å².